The van der Waals surface area contributed by atoms with Gasteiger partial charge in [0.15, 0.2) is 4.90 Å². The molecule has 0 radical (unpaired) electrons. The normalized spacial score (nSPS) is 13.5. The van der Waals surface area contributed by atoms with Crippen LogP contribution in [0.3, 0.4) is 0 Å². The van der Waals surface area contributed by atoms with Gasteiger partial charge in [0, 0.05) is 11.7 Å². The molecule has 0 saturated heterocycles. The lowest BCUT2D eigenvalue weighted by Crippen LogP contribution is -2.35. The maximum atomic E-state index is 13.6. The fourth-order valence-electron chi connectivity index (χ4n) is 1.81. The maximum absolute atomic E-state index is 13.6. The topological polar surface area (TPSA) is 72.2 Å². The first-order chi connectivity index (χ1) is 8.81. The third-order valence-electron chi connectivity index (χ3n) is 2.74. The zero-order valence-electron chi connectivity index (χ0n) is 10.9. The Morgan fingerprint density at radius 3 is 2.21 bits per heavy atom. The Morgan fingerprint density at radius 1 is 1.26 bits per heavy atom. The van der Waals surface area contributed by atoms with Crippen LogP contribution in [0.4, 0.5) is 14.5 Å². The van der Waals surface area contributed by atoms with Crippen molar-refractivity contribution in [3.63, 3.8) is 0 Å². The lowest BCUT2D eigenvalue weighted by atomic mass is 10.1. The number of nitrogen functional groups attached to an aromatic ring is 1. The average molecular weight is 292 g/mol. The number of benzene rings is 1. The van der Waals surface area contributed by atoms with Crippen molar-refractivity contribution in [3.05, 3.63) is 23.8 Å². The molecule has 0 aliphatic carbocycles. The molecule has 0 amide bonds. The largest absolute Gasteiger partial charge is 0.399 e. The van der Waals surface area contributed by atoms with Crippen molar-refractivity contribution < 1.29 is 17.2 Å². The van der Waals surface area contributed by atoms with Crippen LogP contribution < -0.4 is 10.5 Å². The molecule has 1 aromatic carbocycles. The number of sulfonamides is 1. The van der Waals surface area contributed by atoms with Gasteiger partial charge < -0.3 is 5.73 Å². The highest BCUT2D eigenvalue weighted by molar-refractivity contribution is 7.89. The van der Waals surface area contributed by atoms with Crippen LogP contribution in [0.1, 0.15) is 33.1 Å². The summed E-state index contributed by atoms with van der Waals surface area (Å²) in [5.74, 6) is -2.37. The third-order valence-corrected chi connectivity index (χ3v) is 4.31. The van der Waals surface area contributed by atoms with Crippen LogP contribution in [0.5, 0.6) is 0 Å². The predicted octanol–water partition coefficient (Wildman–Crippen LogP) is 2.40. The minimum atomic E-state index is -4.23. The number of rotatable bonds is 6. The highest BCUT2D eigenvalue weighted by Crippen LogP contribution is 2.22. The highest BCUT2D eigenvalue weighted by atomic mass is 32.2. The number of anilines is 1. The number of hydrogen-bond acceptors (Lipinski definition) is 3. The summed E-state index contributed by atoms with van der Waals surface area (Å²) in [5.41, 5.74) is 5.09. The first-order valence-electron chi connectivity index (χ1n) is 6.08. The summed E-state index contributed by atoms with van der Waals surface area (Å²) < 4.78 is 53.5. The van der Waals surface area contributed by atoms with Crippen LogP contribution in [0, 0.1) is 11.6 Å². The molecule has 0 aromatic heterocycles. The van der Waals surface area contributed by atoms with Crippen molar-refractivity contribution in [2.24, 2.45) is 0 Å². The molecule has 1 atom stereocenters. The van der Waals surface area contributed by atoms with Gasteiger partial charge in [0.25, 0.3) is 0 Å². The van der Waals surface area contributed by atoms with Gasteiger partial charge in [-0.25, -0.2) is 21.9 Å². The molecule has 0 aliphatic heterocycles. The summed E-state index contributed by atoms with van der Waals surface area (Å²) >= 11 is 0. The molecule has 3 N–H and O–H groups in total. The summed E-state index contributed by atoms with van der Waals surface area (Å²) in [7, 11) is -4.23. The van der Waals surface area contributed by atoms with Crippen molar-refractivity contribution in [1.29, 1.82) is 0 Å². The van der Waals surface area contributed by atoms with Gasteiger partial charge >= 0.3 is 0 Å². The van der Waals surface area contributed by atoms with Gasteiger partial charge in [0.1, 0.15) is 11.6 Å². The van der Waals surface area contributed by atoms with E-state index >= 15 is 0 Å². The van der Waals surface area contributed by atoms with Crippen molar-refractivity contribution in [2.75, 3.05) is 5.73 Å². The van der Waals surface area contributed by atoms with E-state index in [4.69, 9.17) is 5.73 Å². The molecule has 0 fully saturated rings. The number of nitrogens with two attached hydrogens (primary N) is 1. The van der Waals surface area contributed by atoms with Gasteiger partial charge in [-0.2, -0.15) is 0 Å². The molecule has 1 rings (SSSR count). The summed E-state index contributed by atoms with van der Waals surface area (Å²) in [6, 6.07) is 1.24. The molecular formula is C12H18F2N2O2S. The Bertz CT molecular complexity index is 524. The summed E-state index contributed by atoms with van der Waals surface area (Å²) in [5, 5.41) is 0. The Hall–Kier alpha value is -1.21. The molecule has 7 heteroatoms. The van der Waals surface area contributed by atoms with E-state index < -0.39 is 26.6 Å². The van der Waals surface area contributed by atoms with Crippen molar-refractivity contribution in [1.82, 2.24) is 4.72 Å². The fraction of sp³-hybridized carbons (Fsp3) is 0.500. The van der Waals surface area contributed by atoms with E-state index in [9.17, 15) is 17.2 Å². The van der Waals surface area contributed by atoms with E-state index in [0.717, 1.165) is 18.6 Å². The molecule has 19 heavy (non-hydrogen) atoms. The van der Waals surface area contributed by atoms with Crippen LogP contribution >= 0.6 is 0 Å². The van der Waals surface area contributed by atoms with Crippen LogP contribution in [-0.4, -0.2) is 14.5 Å². The number of halogens is 2. The van der Waals surface area contributed by atoms with E-state index in [-0.39, 0.29) is 11.7 Å². The fourth-order valence-corrected chi connectivity index (χ4v) is 3.28. The Kier molecular flexibility index (Phi) is 5.25. The summed E-state index contributed by atoms with van der Waals surface area (Å²) in [6.07, 6.45) is 1.92. The van der Waals surface area contributed by atoms with Crippen LogP contribution in [0.25, 0.3) is 0 Å². The zero-order chi connectivity index (χ0) is 14.6. The average Bonchev–Trinajstić information content (AvgIpc) is 2.25. The first-order valence-corrected chi connectivity index (χ1v) is 7.57. The predicted molar refractivity (Wildman–Crippen MR) is 70.1 cm³/mol. The molecular weight excluding hydrogens is 274 g/mol. The van der Waals surface area contributed by atoms with E-state index in [2.05, 4.69) is 4.72 Å². The standard InChI is InChI=1S/C12H18F2N2O2S/c1-3-5-9(4-2)16-19(17,18)12-10(13)6-8(15)7-11(12)14/h6-7,9,16H,3-5,15H2,1-2H3. The SMILES string of the molecule is CCCC(CC)NS(=O)(=O)c1c(F)cc(N)cc1F. The lowest BCUT2D eigenvalue weighted by molar-refractivity contribution is 0.490. The molecule has 4 nitrogen and oxygen atoms in total. The lowest BCUT2D eigenvalue weighted by Gasteiger charge is -2.17. The smallest absolute Gasteiger partial charge is 0.246 e. The quantitative estimate of drug-likeness (QED) is 0.791. The molecule has 1 aromatic rings. The summed E-state index contributed by atoms with van der Waals surface area (Å²) in [4.78, 5) is -0.976. The molecule has 0 heterocycles. The number of nitrogens with one attached hydrogen (secondary N) is 1. The Balaban J connectivity index is 3.14. The monoisotopic (exact) mass is 292 g/mol. The number of hydrogen-bond donors (Lipinski definition) is 2. The van der Waals surface area contributed by atoms with E-state index in [1.807, 2.05) is 6.92 Å². The van der Waals surface area contributed by atoms with Crippen LogP contribution in [-0.2, 0) is 10.0 Å². The van der Waals surface area contributed by atoms with Gasteiger partial charge in [-0.05, 0) is 25.0 Å². The molecule has 0 saturated carbocycles. The second-order valence-corrected chi connectivity index (χ2v) is 5.98. The van der Waals surface area contributed by atoms with Crippen molar-refractivity contribution in [3.8, 4) is 0 Å². The molecule has 1 unspecified atom stereocenters. The second kappa shape index (κ2) is 6.29. The molecule has 0 aliphatic rings. The van der Waals surface area contributed by atoms with E-state index in [1.54, 1.807) is 6.92 Å². The molecule has 0 bridgehead atoms. The van der Waals surface area contributed by atoms with Gasteiger partial charge in [-0.15, -0.1) is 0 Å². The van der Waals surface area contributed by atoms with E-state index in [0.29, 0.717) is 12.8 Å². The van der Waals surface area contributed by atoms with Crippen LogP contribution in [0.2, 0.25) is 0 Å². The van der Waals surface area contributed by atoms with E-state index in [1.165, 1.54) is 0 Å². The van der Waals surface area contributed by atoms with Gasteiger partial charge in [0.2, 0.25) is 10.0 Å². The van der Waals surface area contributed by atoms with Crippen LogP contribution in [0.15, 0.2) is 17.0 Å². The van der Waals surface area contributed by atoms with Gasteiger partial charge in [-0.3, -0.25) is 0 Å². The zero-order valence-corrected chi connectivity index (χ0v) is 11.7. The summed E-state index contributed by atoms with van der Waals surface area (Å²) in [6.45, 7) is 3.71. The molecule has 0 spiro atoms. The highest BCUT2D eigenvalue weighted by Gasteiger charge is 2.26. The third kappa shape index (κ3) is 3.87. The minimum Gasteiger partial charge on any atom is -0.399 e. The Morgan fingerprint density at radius 2 is 1.79 bits per heavy atom. The van der Waals surface area contributed by atoms with Crippen molar-refractivity contribution >= 4 is 15.7 Å². The Labute approximate surface area is 112 Å². The van der Waals surface area contributed by atoms with Crippen molar-refractivity contribution in [2.45, 2.75) is 44.0 Å². The second-order valence-electron chi connectivity index (χ2n) is 4.33. The first kappa shape index (κ1) is 15.8. The maximum Gasteiger partial charge on any atom is 0.246 e. The van der Waals surface area contributed by atoms with Gasteiger partial charge in [0.05, 0.1) is 0 Å². The minimum absolute atomic E-state index is 0.158. The van der Waals surface area contributed by atoms with Gasteiger partial charge in [-0.1, -0.05) is 20.3 Å². The molecule has 108 valence electrons.